The van der Waals surface area contributed by atoms with E-state index in [-0.39, 0.29) is 50.1 Å². The summed E-state index contributed by atoms with van der Waals surface area (Å²) in [5.41, 5.74) is 13.9. The first-order valence-corrected chi connectivity index (χ1v) is 19.8. The maximum Gasteiger partial charge on any atom is 0.414 e. The van der Waals surface area contributed by atoms with Crippen LogP contribution in [0.25, 0.3) is 0 Å². The van der Waals surface area contributed by atoms with Crippen LogP contribution in [0.1, 0.15) is 18.4 Å². The summed E-state index contributed by atoms with van der Waals surface area (Å²) in [5.74, 6) is -0.891. The van der Waals surface area contributed by atoms with Crippen molar-refractivity contribution in [2.75, 3.05) is 111 Å². The van der Waals surface area contributed by atoms with Gasteiger partial charge in [-0.1, -0.05) is 30.3 Å². The number of ether oxygens (including phenoxy) is 3. The summed E-state index contributed by atoms with van der Waals surface area (Å²) >= 11 is 0. The van der Waals surface area contributed by atoms with Crippen molar-refractivity contribution in [3.8, 4) is 0 Å². The van der Waals surface area contributed by atoms with Crippen molar-refractivity contribution in [3.05, 3.63) is 83.9 Å². The van der Waals surface area contributed by atoms with E-state index in [0.717, 1.165) is 5.56 Å². The molecule has 4 fully saturated rings. The number of hydrogen-bond donors (Lipinski definition) is 3. The van der Waals surface area contributed by atoms with Gasteiger partial charge in [0.1, 0.15) is 23.8 Å². The van der Waals surface area contributed by atoms with E-state index in [1.165, 1.54) is 21.9 Å². The summed E-state index contributed by atoms with van der Waals surface area (Å²) in [6.45, 7) is 5.85. The highest BCUT2D eigenvalue weighted by atomic mass is 19.1. The van der Waals surface area contributed by atoms with E-state index in [1.54, 1.807) is 34.1 Å². The molecule has 7 rings (SSSR count). The number of benzene rings is 3. The van der Waals surface area contributed by atoms with Crippen molar-refractivity contribution in [1.82, 2.24) is 9.80 Å². The molecular formula is C41H52F2N8O8. The van der Waals surface area contributed by atoms with Gasteiger partial charge in [0, 0.05) is 71.9 Å². The molecule has 0 spiro atoms. The van der Waals surface area contributed by atoms with E-state index in [2.05, 4.69) is 0 Å². The second-order valence-corrected chi connectivity index (χ2v) is 14.5. The summed E-state index contributed by atoms with van der Waals surface area (Å²) in [5, 5.41) is 8.85. The van der Waals surface area contributed by atoms with Crippen LogP contribution in [0, 0.1) is 11.6 Å². The number of carbonyl (C=O) groups is 4. The second-order valence-electron chi connectivity index (χ2n) is 14.5. The topological polar surface area (TPSA) is 188 Å². The number of hydrogen-bond acceptors (Lipinski definition) is 12. The first-order valence-electron chi connectivity index (χ1n) is 19.8. The molecule has 2 atom stereocenters. The molecule has 3 aromatic rings. The van der Waals surface area contributed by atoms with Crippen LogP contribution in [-0.2, 0) is 30.4 Å². The van der Waals surface area contributed by atoms with Crippen LogP contribution >= 0.6 is 0 Å². The molecule has 3 aromatic carbocycles. The third kappa shape index (κ3) is 10.9. The van der Waals surface area contributed by atoms with Crippen molar-refractivity contribution in [2.24, 2.45) is 11.5 Å². The van der Waals surface area contributed by atoms with Gasteiger partial charge in [-0.05, 0) is 42.0 Å². The Morgan fingerprint density at radius 3 is 1.54 bits per heavy atom. The Balaban J connectivity index is 0.000000204. The lowest BCUT2D eigenvalue weighted by atomic mass is 10.2. The molecule has 5 N–H and O–H groups in total. The number of anilines is 4. The van der Waals surface area contributed by atoms with Crippen LogP contribution in [0.4, 0.5) is 41.1 Å². The molecule has 0 saturated carbocycles. The summed E-state index contributed by atoms with van der Waals surface area (Å²) < 4.78 is 45.3. The molecule has 0 bridgehead atoms. The maximum atomic E-state index is 14.9. The largest absolute Gasteiger partial charge is 0.443 e. The average molecular weight is 823 g/mol. The Kier molecular flexibility index (Phi) is 14.9. The molecule has 0 aliphatic carbocycles. The van der Waals surface area contributed by atoms with Gasteiger partial charge in [-0.25, -0.2) is 18.4 Å². The minimum Gasteiger partial charge on any atom is -0.443 e. The van der Waals surface area contributed by atoms with Gasteiger partial charge in [-0.2, -0.15) is 0 Å². The van der Waals surface area contributed by atoms with Crippen molar-refractivity contribution >= 4 is 46.8 Å². The van der Waals surface area contributed by atoms with Crippen molar-refractivity contribution in [3.63, 3.8) is 0 Å². The summed E-state index contributed by atoms with van der Waals surface area (Å²) in [6, 6.07) is 19.2. The molecule has 0 unspecified atom stereocenters. The van der Waals surface area contributed by atoms with E-state index < -0.39 is 23.8 Å². The Morgan fingerprint density at radius 2 is 1.14 bits per heavy atom. The molecule has 318 valence electrons. The van der Waals surface area contributed by atoms with Gasteiger partial charge in [-0.15, -0.1) is 0 Å². The first kappa shape index (κ1) is 43.0. The zero-order valence-electron chi connectivity index (χ0n) is 32.9. The molecule has 4 aliphatic rings. The number of amides is 4. The van der Waals surface area contributed by atoms with Crippen molar-refractivity contribution < 1.29 is 47.3 Å². The number of rotatable bonds is 13. The zero-order valence-corrected chi connectivity index (χ0v) is 32.9. The monoisotopic (exact) mass is 822 g/mol. The quantitative estimate of drug-likeness (QED) is 0.214. The fraction of sp³-hybridized carbons (Fsp3) is 0.463. The lowest BCUT2D eigenvalue weighted by Crippen LogP contribution is -2.49. The van der Waals surface area contributed by atoms with Crippen LogP contribution in [0.15, 0.2) is 66.7 Å². The molecule has 4 saturated heterocycles. The normalized spacial score (nSPS) is 19.4. The van der Waals surface area contributed by atoms with Crippen LogP contribution in [-0.4, -0.2) is 143 Å². The summed E-state index contributed by atoms with van der Waals surface area (Å²) in [4.78, 5) is 58.1. The van der Waals surface area contributed by atoms with Crippen LogP contribution in [0.2, 0.25) is 0 Å². The number of aliphatic hydroxyl groups excluding tert-OH is 1. The molecule has 4 amide bonds. The van der Waals surface area contributed by atoms with Crippen molar-refractivity contribution in [1.29, 1.82) is 0 Å². The van der Waals surface area contributed by atoms with Gasteiger partial charge in [0.25, 0.3) is 0 Å². The minimum atomic E-state index is -0.524. The molecule has 4 aliphatic heterocycles. The predicted octanol–water partition coefficient (Wildman–Crippen LogP) is 2.51. The molecule has 16 nitrogen and oxygen atoms in total. The first-order chi connectivity index (χ1) is 28.6. The van der Waals surface area contributed by atoms with E-state index in [9.17, 15) is 28.0 Å². The van der Waals surface area contributed by atoms with E-state index in [4.69, 9.17) is 30.8 Å². The molecule has 0 aromatic heterocycles. The number of cyclic esters (lactones) is 2. The Hall–Kier alpha value is -5.56. The maximum absolute atomic E-state index is 14.9. The average Bonchev–Trinajstić information content (AvgIpc) is 3.84. The van der Waals surface area contributed by atoms with Crippen LogP contribution < -0.4 is 31.1 Å². The third-order valence-corrected chi connectivity index (χ3v) is 10.6. The fourth-order valence-corrected chi connectivity index (χ4v) is 7.28. The molecule has 0 radical (unpaired) electrons. The van der Waals surface area contributed by atoms with Gasteiger partial charge in [-0.3, -0.25) is 19.4 Å². The van der Waals surface area contributed by atoms with E-state index in [0.29, 0.717) is 108 Å². The van der Waals surface area contributed by atoms with Crippen molar-refractivity contribution in [2.45, 2.75) is 31.7 Å². The number of halogens is 2. The third-order valence-electron chi connectivity index (χ3n) is 10.6. The van der Waals surface area contributed by atoms with Crippen LogP contribution in [0.5, 0.6) is 0 Å². The number of nitrogens with two attached hydrogens (primary N) is 2. The van der Waals surface area contributed by atoms with Gasteiger partial charge in [0.05, 0.1) is 62.1 Å². The lowest BCUT2D eigenvalue weighted by Gasteiger charge is -2.36. The number of piperazine rings is 2. The van der Waals surface area contributed by atoms with E-state index in [1.807, 2.05) is 40.1 Å². The number of nitrogens with zero attached hydrogens (tertiary/aromatic N) is 6. The Morgan fingerprint density at radius 1 is 0.678 bits per heavy atom. The highest BCUT2D eigenvalue weighted by Crippen LogP contribution is 2.30. The molecular weight excluding hydrogens is 770 g/mol. The highest BCUT2D eigenvalue weighted by molar-refractivity contribution is 5.91. The summed E-state index contributed by atoms with van der Waals surface area (Å²) in [7, 11) is 0. The van der Waals surface area contributed by atoms with Gasteiger partial charge < -0.3 is 50.4 Å². The standard InChI is InChI=1S/C24H29FN4O4.C17H23FN4O4/c25-21-14-19(29-16-20(15-26)33-24(29)31)6-7-22(21)27-9-11-28(12-10-27)23(30)8-13-32-17-18-4-2-1-3-5-18;18-14-9-12(22-11-13(10-19)26-17(22)25)1-2-15(14)20-4-6-21(7-5-20)16(24)3-8-23/h1-7,14,20H,8-13,15-17,26H2;1-2,9,13,23H,3-8,10-11,19H2/t20-;13-/m00/s1. The fourth-order valence-electron chi connectivity index (χ4n) is 7.28. The summed E-state index contributed by atoms with van der Waals surface area (Å²) in [6.07, 6.45) is -1.37. The Labute approximate surface area is 341 Å². The molecule has 4 heterocycles. The molecule has 18 heteroatoms. The van der Waals surface area contributed by atoms with E-state index >= 15 is 0 Å². The lowest BCUT2D eigenvalue weighted by molar-refractivity contribution is -0.133. The SMILES string of the molecule is NC[C@H]1CN(c2ccc(N3CCN(C(=O)CCO)CC3)c(F)c2)C(=O)O1.NC[C@H]1CN(c2ccc(N3CCN(C(=O)CCOCc4ccccc4)CC3)c(F)c2)C(=O)O1. The highest BCUT2D eigenvalue weighted by Gasteiger charge is 2.34. The zero-order chi connectivity index (χ0) is 41.9. The smallest absolute Gasteiger partial charge is 0.414 e. The number of carbonyl (C=O) groups excluding carboxylic acids is 4. The van der Waals surface area contributed by atoms with Gasteiger partial charge in [0.2, 0.25) is 11.8 Å². The second kappa shape index (κ2) is 20.4. The molecule has 59 heavy (non-hydrogen) atoms. The van der Waals surface area contributed by atoms with Gasteiger partial charge >= 0.3 is 12.2 Å². The van der Waals surface area contributed by atoms with Crippen LogP contribution in [0.3, 0.4) is 0 Å². The predicted molar refractivity (Wildman–Crippen MR) is 216 cm³/mol. The van der Waals surface area contributed by atoms with Gasteiger partial charge in [0.15, 0.2) is 0 Å². The number of aliphatic hydroxyl groups is 1. The minimum absolute atomic E-state index is 0.0422. The Bertz CT molecular complexity index is 1910.